The maximum atomic E-state index is 14.0. The lowest BCUT2D eigenvalue weighted by molar-refractivity contribution is 0.185. The summed E-state index contributed by atoms with van der Waals surface area (Å²) < 4.78 is 19.2. The van der Waals surface area contributed by atoms with E-state index in [4.69, 9.17) is 10.5 Å². The van der Waals surface area contributed by atoms with Gasteiger partial charge in [0.15, 0.2) is 5.96 Å². The molecule has 25 heavy (non-hydrogen) atoms. The zero-order valence-electron chi connectivity index (χ0n) is 14.2. The monoisotopic (exact) mass is 455 g/mol. The van der Waals surface area contributed by atoms with E-state index in [1.807, 2.05) is 36.4 Å². The highest BCUT2D eigenvalue weighted by atomic mass is 127. The van der Waals surface area contributed by atoms with Crippen molar-refractivity contribution in [3.05, 3.63) is 65.5 Å². The van der Waals surface area contributed by atoms with E-state index in [2.05, 4.69) is 10.3 Å². The van der Waals surface area contributed by atoms with Gasteiger partial charge in [-0.2, -0.15) is 0 Å². The van der Waals surface area contributed by atoms with Gasteiger partial charge in [-0.3, -0.25) is 4.99 Å². The normalized spacial score (nSPS) is 15.4. The van der Waals surface area contributed by atoms with Gasteiger partial charge < -0.3 is 15.8 Å². The van der Waals surface area contributed by atoms with Crippen LogP contribution < -0.4 is 11.1 Å². The molecule has 0 unspecified atom stereocenters. The number of nitrogens with zero attached hydrogens (tertiary/aromatic N) is 1. The number of benzene rings is 2. The second-order valence-electron chi connectivity index (χ2n) is 6.18. The molecule has 0 atom stereocenters. The largest absolute Gasteiger partial charge is 0.380 e. The van der Waals surface area contributed by atoms with E-state index in [1.165, 1.54) is 6.07 Å². The lowest BCUT2D eigenvalue weighted by atomic mass is 9.95. The Morgan fingerprint density at radius 2 is 1.88 bits per heavy atom. The summed E-state index contributed by atoms with van der Waals surface area (Å²) in [5, 5.41) is 3.12. The molecule has 3 N–H and O–H groups in total. The number of hydrogen-bond acceptors (Lipinski definition) is 2. The minimum Gasteiger partial charge on any atom is -0.380 e. The number of anilines is 1. The Balaban J connectivity index is 0.00000225. The van der Waals surface area contributed by atoms with E-state index in [1.54, 1.807) is 13.2 Å². The number of nitrogens with two attached hydrogens (primary N) is 1. The average Bonchev–Trinajstić information content (AvgIpc) is 3.36. The quantitative estimate of drug-likeness (QED) is 0.393. The van der Waals surface area contributed by atoms with Gasteiger partial charge in [-0.05, 0) is 30.5 Å². The van der Waals surface area contributed by atoms with Crippen molar-refractivity contribution in [2.45, 2.75) is 24.9 Å². The number of methoxy groups -OCH3 is 1. The topological polar surface area (TPSA) is 59.6 Å². The first-order valence-corrected chi connectivity index (χ1v) is 8.03. The molecule has 0 radical (unpaired) electrons. The highest BCUT2D eigenvalue weighted by molar-refractivity contribution is 14.0. The summed E-state index contributed by atoms with van der Waals surface area (Å²) in [6.45, 7) is 0.981. The van der Waals surface area contributed by atoms with Crippen LogP contribution in [0.25, 0.3) is 0 Å². The lowest BCUT2D eigenvalue weighted by Gasteiger charge is -2.15. The predicted molar refractivity (Wildman–Crippen MR) is 110 cm³/mol. The number of ether oxygens (including phenoxy) is 1. The summed E-state index contributed by atoms with van der Waals surface area (Å²) >= 11 is 0. The number of guanidine groups is 1. The summed E-state index contributed by atoms with van der Waals surface area (Å²) in [4.78, 5) is 4.45. The third-order valence-corrected chi connectivity index (χ3v) is 4.43. The Hall–Kier alpha value is -1.67. The smallest absolute Gasteiger partial charge is 0.193 e. The molecule has 3 rings (SSSR count). The molecular formula is C19H23FIN3O. The highest BCUT2D eigenvalue weighted by Gasteiger charge is 2.45. The SMILES string of the molecule is COCc1ccccc1NC(N)=NCC1(c2ccccc2F)CC1.I. The summed E-state index contributed by atoms with van der Waals surface area (Å²) in [5.41, 5.74) is 8.44. The van der Waals surface area contributed by atoms with Gasteiger partial charge in [0, 0.05) is 23.8 Å². The number of hydrogen-bond donors (Lipinski definition) is 2. The van der Waals surface area contributed by atoms with Crippen molar-refractivity contribution in [3.8, 4) is 0 Å². The molecule has 1 saturated carbocycles. The van der Waals surface area contributed by atoms with Crippen LogP contribution in [0.3, 0.4) is 0 Å². The van der Waals surface area contributed by atoms with Crippen LogP contribution in [0, 0.1) is 5.82 Å². The van der Waals surface area contributed by atoms with Crippen molar-refractivity contribution >= 4 is 35.6 Å². The molecule has 0 aliphatic heterocycles. The number of para-hydroxylation sites is 1. The molecule has 0 bridgehead atoms. The van der Waals surface area contributed by atoms with E-state index in [-0.39, 0.29) is 35.2 Å². The van der Waals surface area contributed by atoms with Crippen LogP contribution in [0.5, 0.6) is 0 Å². The van der Waals surface area contributed by atoms with E-state index >= 15 is 0 Å². The molecule has 0 amide bonds. The molecule has 6 heteroatoms. The van der Waals surface area contributed by atoms with Gasteiger partial charge in [-0.15, -0.1) is 24.0 Å². The number of aliphatic imine (C=N–C) groups is 1. The zero-order valence-corrected chi connectivity index (χ0v) is 16.5. The van der Waals surface area contributed by atoms with Gasteiger partial charge in [0.2, 0.25) is 0 Å². The number of rotatable bonds is 6. The van der Waals surface area contributed by atoms with Crippen LogP contribution >= 0.6 is 24.0 Å². The minimum atomic E-state index is -0.205. The van der Waals surface area contributed by atoms with Gasteiger partial charge in [-0.25, -0.2) is 4.39 Å². The summed E-state index contributed by atoms with van der Waals surface area (Å²) in [7, 11) is 1.65. The average molecular weight is 455 g/mol. The fourth-order valence-electron chi connectivity index (χ4n) is 2.89. The third-order valence-electron chi connectivity index (χ3n) is 4.43. The Kier molecular flexibility index (Phi) is 6.78. The van der Waals surface area contributed by atoms with E-state index in [0.717, 1.165) is 29.7 Å². The Labute approximate surface area is 164 Å². The fourth-order valence-corrected chi connectivity index (χ4v) is 2.89. The molecule has 134 valence electrons. The van der Waals surface area contributed by atoms with Crippen LogP contribution in [0.1, 0.15) is 24.0 Å². The summed E-state index contributed by atoms with van der Waals surface area (Å²) in [5.74, 6) is 0.170. The molecular weight excluding hydrogens is 432 g/mol. The maximum Gasteiger partial charge on any atom is 0.193 e. The first-order valence-electron chi connectivity index (χ1n) is 8.03. The van der Waals surface area contributed by atoms with Gasteiger partial charge in [0.05, 0.1) is 13.2 Å². The predicted octanol–water partition coefficient (Wildman–Crippen LogP) is 4.05. The molecule has 1 aliphatic carbocycles. The van der Waals surface area contributed by atoms with E-state index in [9.17, 15) is 4.39 Å². The molecule has 4 nitrogen and oxygen atoms in total. The standard InChI is InChI=1S/C19H22FN3O.HI/c1-24-12-14-6-2-5-9-17(14)23-18(21)22-13-19(10-11-19)15-7-3-4-8-16(15)20;/h2-9H,10-13H2,1H3,(H3,21,22,23);1H. The van der Waals surface area contributed by atoms with Gasteiger partial charge in [0.1, 0.15) is 5.82 Å². The van der Waals surface area contributed by atoms with Crippen molar-refractivity contribution < 1.29 is 9.13 Å². The van der Waals surface area contributed by atoms with Crippen molar-refractivity contribution in [2.24, 2.45) is 10.7 Å². The Morgan fingerprint density at radius 3 is 2.56 bits per heavy atom. The Bertz CT molecular complexity index is 747. The Morgan fingerprint density at radius 1 is 1.20 bits per heavy atom. The third kappa shape index (κ3) is 4.70. The fraction of sp³-hybridized carbons (Fsp3) is 0.316. The van der Waals surface area contributed by atoms with Crippen molar-refractivity contribution in [1.82, 2.24) is 0 Å². The van der Waals surface area contributed by atoms with Crippen LogP contribution in [0.2, 0.25) is 0 Å². The minimum absolute atomic E-state index is 0. The lowest BCUT2D eigenvalue weighted by Crippen LogP contribution is -2.25. The van der Waals surface area contributed by atoms with Gasteiger partial charge in [0.25, 0.3) is 0 Å². The molecule has 0 aromatic heterocycles. The molecule has 1 aliphatic rings. The first-order chi connectivity index (χ1) is 11.6. The second-order valence-corrected chi connectivity index (χ2v) is 6.18. The van der Waals surface area contributed by atoms with E-state index in [0.29, 0.717) is 19.1 Å². The first kappa shape index (κ1) is 19.7. The van der Waals surface area contributed by atoms with Crippen LogP contribution in [0.4, 0.5) is 10.1 Å². The zero-order chi connectivity index (χ0) is 17.0. The summed E-state index contributed by atoms with van der Waals surface area (Å²) in [6, 6.07) is 14.7. The molecule has 0 spiro atoms. The molecule has 1 fully saturated rings. The van der Waals surface area contributed by atoms with Gasteiger partial charge in [-0.1, -0.05) is 36.4 Å². The van der Waals surface area contributed by atoms with Crippen LogP contribution in [0.15, 0.2) is 53.5 Å². The van der Waals surface area contributed by atoms with Crippen LogP contribution in [-0.4, -0.2) is 19.6 Å². The van der Waals surface area contributed by atoms with E-state index < -0.39 is 0 Å². The number of halogens is 2. The van der Waals surface area contributed by atoms with Gasteiger partial charge >= 0.3 is 0 Å². The molecule has 2 aromatic carbocycles. The molecule has 0 heterocycles. The van der Waals surface area contributed by atoms with Crippen molar-refractivity contribution in [3.63, 3.8) is 0 Å². The molecule has 0 saturated heterocycles. The molecule has 2 aromatic rings. The van der Waals surface area contributed by atoms with Crippen molar-refractivity contribution in [2.75, 3.05) is 19.0 Å². The highest BCUT2D eigenvalue weighted by Crippen LogP contribution is 2.49. The summed E-state index contributed by atoms with van der Waals surface area (Å²) in [6.07, 6.45) is 1.87. The maximum absolute atomic E-state index is 14.0. The van der Waals surface area contributed by atoms with Crippen LogP contribution in [-0.2, 0) is 16.8 Å². The van der Waals surface area contributed by atoms with Crippen molar-refractivity contribution in [1.29, 1.82) is 0 Å². The second kappa shape index (κ2) is 8.62. The number of nitrogens with one attached hydrogen (secondary N) is 1.